The fourth-order valence-electron chi connectivity index (χ4n) is 2.37. The van der Waals surface area contributed by atoms with Crippen molar-refractivity contribution in [1.82, 2.24) is 0 Å². The van der Waals surface area contributed by atoms with E-state index >= 15 is 0 Å². The third-order valence-corrected chi connectivity index (χ3v) is 3.98. The summed E-state index contributed by atoms with van der Waals surface area (Å²) < 4.78 is 11.6. The molecule has 0 aliphatic heterocycles. The third-order valence-electron chi connectivity index (χ3n) is 3.49. The Kier molecular flexibility index (Phi) is 4.63. The van der Waals surface area contributed by atoms with E-state index in [1.54, 1.807) is 13.2 Å². The lowest BCUT2D eigenvalue weighted by Gasteiger charge is -2.07. The number of hydrogen-bond donors (Lipinski definition) is 0. The summed E-state index contributed by atoms with van der Waals surface area (Å²) >= 11 is 3.44. The molecule has 116 valence electrons. The van der Waals surface area contributed by atoms with Gasteiger partial charge in [0.2, 0.25) is 0 Å². The Hall–Kier alpha value is -2.33. The van der Waals surface area contributed by atoms with Crippen molar-refractivity contribution >= 4 is 32.7 Å². The average Bonchev–Trinajstić information content (AvgIpc) is 2.55. The molecule has 3 nitrogen and oxygen atoms in total. The number of esters is 1. The first-order chi connectivity index (χ1) is 11.1. The minimum atomic E-state index is -0.297. The first kappa shape index (κ1) is 15.6. The maximum Gasteiger partial charge on any atom is 0.315 e. The maximum atomic E-state index is 12.1. The Labute approximate surface area is 143 Å². The summed E-state index contributed by atoms with van der Waals surface area (Å²) in [7, 11) is 1.60. The van der Waals surface area contributed by atoms with E-state index in [0.29, 0.717) is 5.75 Å². The Morgan fingerprint density at radius 1 is 0.957 bits per heavy atom. The highest BCUT2D eigenvalue weighted by Gasteiger charge is 2.08. The first-order valence-electron chi connectivity index (χ1n) is 7.17. The van der Waals surface area contributed by atoms with Gasteiger partial charge in [0.05, 0.1) is 13.5 Å². The third kappa shape index (κ3) is 3.90. The summed E-state index contributed by atoms with van der Waals surface area (Å²) in [6.07, 6.45) is 0.204. The molecule has 0 atom stereocenters. The van der Waals surface area contributed by atoms with Gasteiger partial charge in [-0.3, -0.25) is 4.79 Å². The summed E-state index contributed by atoms with van der Waals surface area (Å²) in [5.41, 5.74) is 0.860. The molecule has 0 heterocycles. The monoisotopic (exact) mass is 370 g/mol. The molecule has 0 saturated heterocycles. The van der Waals surface area contributed by atoms with E-state index in [-0.39, 0.29) is 12.4 Å². The lowest BCUT2D eigenvalue weighted by Crippen LogP contribution is -2.11. The summed E-state index contributed by atoms with van der Waals surface area (Å²) in [5, 5.41) is 2.12. The number of halogens is 1. The van der Waals surface area contributed by atoms with Crippen LogP contribution in [0.25, 0.3) is 10.8 Å². The van der Waals surface area contributed by atoms with Crippen LogP contribution in [0.5, 0.6) is 11.5 Å². The molecule has 0 aliphatic carbocycles. The van der Waals surface area contributed by atoms with Crippen molar-refractivity contribution in [3.63, 3.8) is 0 Å². The molecule has 3 aromatic carbocycles. The number of fused-ring (bicyclic) bond motifs is 1. The van der Waals surface area contributed by atoms with Gasteiger partial charge in [0.15, 0.2) is 0 Å². The van der Waals surface area contributed by atoms with Crippen molar-refractivity contribution in [2.24, 2.45) is 0 Å². The molecule has 0 saturated carbocycles. The molecule has 0 bridgehead atoms. The zero-order valence-corrected chi connectivity index (χ0v) is 14.2. The fraction of sp³-hybridized carbons (Fsp3) is 0.105. The number of methoxy groups -OCH3 is 1. The van der Waals surface area contributed by atoms with Gasteiger partial charge in [-0.1, -0.05) is 40.2 Å². The maximum absolute atomic E-state index is 12.1. The number of carbonyl (C=O) groups is 1. The van der Waals surface area contributed by atoms with Crippen LogP contribution in [0, 0.1) is 0 Å². The van der Waals surface area contributed by atoms with Gasteiger partial charge in [-0.2, -0.15) is 0 Å². The topological polar surface area (TPSA) is 35.5 Å². The Morgan fingerprint density at radius 2 is 1.74 bits per heavy atom. The van der Waals surface area contributed by atoms with Crippen LogP contribution in [0.15, 0.2) is 65.1 Å². The lowest BCUT2D eigenvalue weighted by molar-refractivity contribution is -0.133. The molecule has 0 radical (unpaired) electrons. The predicted molar refractivity (Wildman–Crippen MR) is 94.0 cm³/mol. The molecule has 0 fully saturated rings. The highest BCUT2D eigenvalue weighted by Crippen LogP contribution is 2.24. The van der Waals surface area contributed by atoms with Gasteiger partial charge in [-0.25, -0.2) is 0 Å². The van der Waals surface area contributed by atoms with E-state index in [1.165, 1.54) is 0 Å². The van der Waals surface area contributed by atoms with Crippen molar-refractivity contribution < 1.29 is 14.3 Å². The van der Waals surface area contributed by atoms with Crippen LogP contribution < -0.4 is 9.47 Å². The van der Waals surface area contributed by atoms with E-state index < -0.39 is 0 Å². The van der Waals surface area contributed by atoms with Gasteiger partial charge in [0.25, 0.3) is 0 Å². The Bertz CT molecular complexity index is 858. The molecule has 3 rings (SSSR count). The molecule has 0 aliphatic rings. The number of hydrogen-bond acceptors (Lipinski definition) is 3. The van der Waals surface area contributed by atoms with Gasteiger partial charge in [0, 0.05) is 4.47 Å². The van der Waals surface area contributed by atoms with Crippen molar-refractivity contribution in [2.45, 2.75) is 6.42 Å². The summed E-state index contributed by atoms with van der Waals surface area (Å²) in [5.74, 6) is 0.981. The van der Waals surface area contributed by atoms with Gasteiger partial charge in [-0.15, -0.1) is 0 Å². The molecule has 0 amide bonds. The van der Waals surface area contributed by atoms with E-state index in [1.807, 2.05) is 54.6 Å². The quantitative estimate of drug-likeness (QED) is 0.490. The highest BCUT2D eigenvalue weighted by atomic mass is 79.9. The lowest BCUT2D eigenvalue weighted by atomic mass is 10.1. The zero-order valence-electron chi connectivity index (χ0n) is 12.6. The van der Waals surface area contributed by atoms with Crippen molar-refractivity contribution in [2.75, 3.05) is 7.11 Å². The van der Waals surface area contributed by atoms with Gasteiger partial charge in [-0.05, 0) is 52.7 Å². The summed E-state index contributed by atoms with van der Waals surface area (Å²) in [6.45, 7) is 0. The minimum Gasteiger partial charge on any atom is -0.497 e. The summed E-state index contributed by atoms with van der Waals surface area (Å²) in [6, 6.07) is 19.0. The SMILES string of the molecule is COc1cccc(CC(=O)Oc2ccc3cc(Br)ccc3c2)c1. The van der Waals surface area contributed by atoms with Crippen molar-refractivity contribution in [3.8, 4) is 11.5 Å². The first-order valence-corrected chi connectivity index (χ1v) is 7.96. The van der Waals surface area contributed by atoms with Crippen LogP contribution >= 0.6 is 15.9 Å². The molecule has 0 spiro atoms. The summed E-state index contributed by atoms with van der Waals surface area (Å²) in [4.78, 5) is 12.1. The molecule has 0 N–H and O–H groups in total. The standard InChI is InChI=1S/C19H15BrO3/c1-22-17-4-2-3-13(9-17)10-19(21)23-18-8-6-14-11-16(20)7-5-15(14)12-18/h2-9,11-12H,10H2,1H3. The van der Waals surface area contributed by atoms with E-state index in [2.05, 4.69) is 15.9 Å². The van der Waals surface area contributed by atoms with Crippen LogP contribution in [0.3, 0.4) is 0 Å². The van der Waals surface area contributed by atoms with Crippen LogP contribution in [0.1, 0.15) is 5.56 Å². The normalized spacial score (nSPS) is 10.5. The average molecular weight is 371 g/mol. The van der Waals surface area contributed by atoms with Gasteiger partial charge < -0.3 is 9.47 Å². The Balaban J connectivity index is 1.73. The van der Waals surface area contributed by atoms with E-state index in [0.717, 1.165) is 26.6 Å². The predicted octanol–water partition coefficient (Wildman–Crippen LogP) is 4.76. The molecule has 0 aromatic heterocycles. The number of benzene rings is 3. The largest absolute Gasteiger partial charge is 0.497 e. The smallest absolute Gasteiger partial charge is 0.315 e. The van der Waals surface area contributed by atoms with E-state index in [4.69, 9.17) is 9.47 Å². The second kappa shape index (κ2) is 6.84. The van der Waals surface area contributed by atoms with Crippen LogP contribution in [0.4, 0.5) is 0 Å². The molecule has 4 heteroatoms. The van der Waals surface area contributed by atoms with Crippen molar-refractivity contribution in [1.29, 1.82) is 0 Å². The Morgan fingerprint density at radius 3 is 2.57 bits per heavy atom. The second-order valence-corrected chi connectivity index (χ2v) is 6.07. The number of carbonyl (C=O) groups excluding carboxylic acids is 1. The minimum absolute atomic E-state index is 0.204. The highest BCUT2D eigenvalue weighted by molar-refractivity contribution is 9.10. The molecule has 0 unspecified atom stereocenters. The molecular weight excluding hydrogens is 356 g/mol. The number of ether oxygens (including phenoxy) is 2. The molecular formula is C19H15BrO3. The van der Waals surface area contributed by atoms with Gasteiger partial charge in [0.1, 0.15) is 11.5 Å². The number of rotatable bonds is 4. The van der Waals surface area contributed by atoms with E-state index in [9.17, 15) is 4.79 Å². The molecule has 23 heavy (non-hydrogen) atoms. The van der Waals surface area contributed by atoms with Crippen molar-refractivity contribution in [3.05, 3.63) is 70.7 Å². The van der Waals surface area contributed by atoms with Crippen LogP contribution in [-0.4, -0.2) is 13.1 Å². The van der Waals surface area contributed by atoms with Crippen LogP contribution in [-0.2, 0) is 11.2 Å². The van der Waals surface area contributed by atoms with Crippen LogP contribution in [0.2, 0.25) is 0 Å². The zero-order chi connectivity index (χ0) is 16.2. The molecule has 3 aromatic rings. The second-order valence-electron chi connectivity index (χ2n) is 5.16. The fourth-order valence-corrected chi connectivity index (χ4v) is 2.75. The van der Waals surface area contributed by atoms with Gasteiger partial charge >= 0.3 is 5.97 Å².